The number of nitrogens with zero attached hydrogens (tertiary/aromatic N) is 2. The van der Waals surface area contributed by atoms with Crippen LogP contribution < -0.4 is 5.32 Å². The van der Waals surface area contributed by atoms with Gasteiger partial charge in [0.15, 0.2) is 5.79 Å². The molecule has 3 heterocycles. The van der Waals surface area contributed by atoms with E-state index in [1.807, 2.05) is 18.2 Å². The van der Waals surface area contributed by atoms with Gasteiger partial charge in [-0.3, -0.25) is 4.79 Å². The van der Waals surface area contributed by atoms with E-state index in [4.69, 9.17) is 9.47 Å². The van der Waals surface area contributed by atoms with Gasteiger partial charge in [0.2, 0.25) is 5.91 Å². The van der Waals surface area contributed by atoms with Gasteiger partial charge in [-0.05, 0) is 24.3 Å². The summed E-state index contributed by atoms with van der Waals surface area (Å²) in [5, 5.41) is 3.03. The summed E-state index contributed by atoms with van der Waals surface area (Å²) in [6.07, 6.45) is 2.49. The quantitative estimate of drug-likeness (QED) is 0.711. The predicted octanol–water partition coefficient (Wildman–Crippen LogP) is 1.70. The third-order valence-corrected chi connectivity index (χ3v) is 8.66. The van der Waals surface area contributed by atoms with Crippen molar-refractivity contribution in [2.75, 3.05) is 45.9 Å². The number of hydrogen-bond donors (Lipinski definition) is 1. The molecule has 0 saturated carbocycles. The van der Waals surface area contributed by atoms with Gasteiger partial charge in [-0.25, -0.2) is 0 Å². The van der Waals surface area contributed by atoms with Gasteiger partial charge in [0.05, 0.1) is 19.1 Å². The smallest absolute Gasteiger partial charge is 0.282 e. The molecule has 4 rings (SSSR count). The van der Waals surface area contributed by atoms with Crippen molar-refractivity contribution in [1.82, 2.24) is 13.9 Å². The fraction of sp³-hybridized carbons (Fsp3) is 0.682. The maximum atomic E-state index is 13.2. The van der Waals surface area contributed by atoms with Crippen LogP contribution in [-0.2, 0) is 24.5 Å². The molecule has 1 aromatic carbocycles. The highest BCUT2D eigenvalue weighted by atomic mass is 32.2. The number of hydrogen-bond acceptors (Lipinski definition) is 5. The first-order chi connectivity index (χ1) is 14.9. The number of carbonyl (C=O) groups excluding carboxylic acids is 1. The maximum Gasteiger partial charge on any atom is 0.282 e. The van der Waals surface area contributed by atoms with Crippen LogP contribution in [0.4, 0.5) is 0 Å². The number of rotatable bonds is 6. The van der Waals surface area contributed by atoms with E-state index in [9.17, 15) is 13.2 Å². The highest BCUT2D eigenvalue weighted by Crippen LogP contribution is 2.33. The average Bonchev–Trinajstić information content (AvgIpc) is 3.26. The Morgan fingerprint density at radius 3 is 2.48 bits per heavy atom. The van der Waals surface area contributed by atoms with Crippen LogP contribution in [0.3, 0.4) is 0 Å². The number of amides is 1. The fourth-order valence-corrected chi connectivity index (χ4v) is 6.37. The van der Waals surface area contributed by atoms with Crippen molar-refractivity contribution in [3.8, 4) is 0 Å². The van der Waals surface area contributed by atoms with Gasteiger partial charge >= 0.3 is 0 Å². The summed E-state index contributed by atoms with van der Waals surface area (Å²) < 4.78 is 40.8. The predicted molar refractivity (Wildman–Crippen MR) is 117 cm³/mol. The third-order valence-electron chi connectivity index (χ3n) is 6.66. The van der Waals surface area contributed by atoms with Crippen molar-refractivity contribution in [2.45, 2.75) is 44.3 Å². The van der Waals surface area contributed by atoms with Gasteiger partial charge in [-0.1, -0.05) is 37.3 Å². The molecule has 0 radical (unpaired) electrons. The second-order valence-corrected chi connectivity index (χ2v) is 10.7. The molecule has 2 atom stereocenters. The normalized spacial score (nSPS) is 26.0. The van der Waals surface area contributed by atoms with Gasteiger partial charge < -0.3 is 14.8 Å². The van der Waals surface area contributed by atoms with Crippen molar-refractivity contribution >= 4 is 16.1 Å². The zero-order chi connectivity index (χ0) is 21.9. The average molecular weight is 452 g/mol. The van der Waals surface area contributed by atoms with E-state index in [1.54, 1.807) is 0 Å². The first-order valence-electron chi connectivity index (χ1n) is 11.3. The molecule has 0 aliphatic carbocycles. The van der Waals surface area contributed by atoms with Crippen molar-refractivity contribution in [1.29, 1.82) is 0 Å². The summed E-state index contributed by atoms with van der Waals surface area (Å²) in [4.78, 5) is 12.8. The fourth-order valence-electron chi connectivity index (χ4n) is 4.67. The minimum Gasteiger partial charge on any atom is -0.355 e. The molecule has 0 unspecified atom stereocenters. The van der Waals surface area contributed by atoms with E-state index in [1.165, 1.54) is 14.2 Å². The van der Waals surface area contributed by atoms with Gasteiger partial charge in [-0.15, -0.1) is 0 Å². The van der Waals surface area contributed by atoms with Crippen LogP contribution in [0.5, 0.6) is 0 Å². The maximum absolute atomic E-state index is 13.2. The van der Waals surface area contributed by atoms with Crippen LogP contribution in [0.1, 0.15) is 44.1 Å². The minimum atomic E-state index is -3.60. The van der Waals surface area contributed by atoms with E-state index >= 15 is 0 Å². The van der Waals surface area contributed by atoms with Crippen LogP contribution >= 0.6 is 0 Å². The Labute approximate surface area is 185 Å². The molecule has 1 N–H and O–H groups in total. The number of ether oxygens (including phenoxy) is 2. The van der Waals surface area contributed by atoms with Crippen molar-refractivity contribution in [3.05, 3.63) is 35.9 Å². The van der Waals surface area contributed by atoms with Crippen LogP contribution in [0.25, 0.3) is 0 Å². The Morgan fingerprint density at radius 2 is 1.81 bits per heavy atom. The van der Waals surface area contributed by atoms with Gasteiger partial charge in [0.1, 0.15) is 0 Å². The molecule has 8 nitrogen and oxygen atoms in total. The molecule has 31 heavy (non-hydrogen) atoms. The highest BCUT2D eigenvalue weighted by Gasteiger charge is 2.44. The standard InChI is InChI=1S/C22H33N3O5S/c1-18(19-6-3-2-4-7-19)16-23-21(26)20-8-5-11-25(17-20)31(27,28)24-12-9-22(10-13-24)29-14-15-30-22/h2-4,6-7,18,20H,5,8-17H2,1H3,(H,23,26)/t18-,20+/m1/s1. The van der Waals surface area contributed by atoms with Gasteiger partial charge in [-0.2, -0.15) is 17.0 Å². The molecule has 1 spiro atoms. The molecule has 0 bridgehead atoms. The Hall–Kier alpha value is -1.52. The Balaban J connectivity index is 1.30. The summed E-state index contributed by atoms with van der Waals surface area (Å²) in [6, 6.07) is 10.1. The van der Waals surface area contributed by atoms with Gasteiger partial charge in [0.25, 0.3) is 10.2 Å². The summed E-state index contributed by atoms with van der Waals surface area (Å²) >= 11 is 0. The van der Waals surface area contributed by atoms with Gasteiger partial charge in [0, 0.05) is 45.6 Å². The van der Waals surface area contributed by atoms with Crippen molar-refractivity contribution in [3.63, 3.8) is 0 Å². The first-order valence-corrected chi connectivity index (χ1v) is 12.7. The lowest BCUT2D eigenvalue weighted by molar-refractivity contribution is -0.179. The number of piperidine rings is 2. The molecule has 3 aliphatic heterocycles. The van der Waals surface area contributed by atoms with Crippen molar-refractivity contribution < 1.29 is 22.7 Å². The molecular formula is C22H33N3O5S. The highest BCUT2D eigenvalue weighted by molar-refractivity contribution is 7.86. The van der Waals surface area contributed by atoms with Crippen LogP contribution in [0, 0.1) is 5.92 Å². The monoisotopic (exact) mass is 451 g/mol. The second-order valence-electron chi connectivity index (χ2n) is 8.77. The molecule has 172 valence electrons. The van der Waals surface area contributed by atoms with Crippen LogP contribution in [0.2, 0.25) is 0 Å². The molecule has 3 fully saturated rings. The van der Waals surface area contributed by atoms with Crippen LogP contribution in [-0.4, -0.2) is 74.7 Å². The van der Waals surface area contributed by atoms with E-state index in [0.29, 0.717) is 65.1 Å². The summed E-state index contributed by atoms with van der Waals surface area (Å²) in [6.45, 7) is 5.21. The first kappa shape index (κ1) is 22.7. The lowest BCUT2D eigenvalue weighted by Crippen LogP contribution is -2.54. The number of nitrogens with one attached hydrogen (secondary N) is 1. The Bertz CT molecular complexity index is 847. The molecule has 1 amide bonds. The SMILES string of the molecule is C[C@H](CNC(=O)[C@H]1CCCN(S(=O)(=O)N2CCC3(CC2)OCCO3)C1)c1ccccc1. The Kier molecular flexibility index (Phi) is 6.98. The minimum absolute atomic E-state index is 0.0620. The summed E-state index contributed by atoms with van der Waals surface area (Å²) in [5.74, 6) is -0.780. The van der Waals surface area contributed by atoms with E-state index < -0.39 is 16.0 Å². The summed E-state index contributed by atoms with van der Waals surface area (Å²) in [7, 11) is -3.60. The molecule has 1 aromatic rings. The largest absolute Gasteiger partial charge is 0.355 e. The molecule has 3 saturated heterocycles. The topological polar surface area (TPSA) is 88.2 Å². The zero-order valence-corrected chi connectivity index (χ0v) is 19.0. The number of benzene rings is 1. The lowest BCUT2D eigenvalue weighted by Gasteiger charge is -2.40. The molecule has 3 aliphatic rings. The third kappa shape index (κ3) is 5.12. The Morgan fingerprint density at radius 1 is 1.13 bits per heavy atom. The second kappa shape index (κ2) is 9.54. The van der Waals surface area contributed by atoms with Crippen molar-refractivity contribution in [2.24, 2.45) is 5.92 Å². The summed E-state index contributed by atoms with van der Waals surface area (Å²) in [5.41, 5.74) is 1.17. The van der Waals surface area contributed by atoms with E-state index in [0.717, 1.165) is 0 Å². The molecule has 0 aromatic heterocycles. The molecular weight excluding hydrogens is 418 g/mol. The van der Waals surface area contributed by atoms with E-state index in [2.05, 4.69) is 24.4 Å². The molecule has 9 heteroatoms. The van der Waals surface area contributed by atoms with Crippen LogP contribution in [0.15, 0.2) is 30.3 Å². The zero-order valence-electron chi connectivity index (χ0n) is 18.2. The number of carbonyl (C=O) groups is 1. The lowest BCUT2D eigenvalue weighted by atomic mass is 9.97. The van der Waals surface area contributed by atoms with E-state index in [-0.39, 0.29) is 24.3 Å².